The number of urea groups is 1. The Morgan fingerprint density at radius 2 is 1.95 bits per heavy atom. The first-order valence-electron chi connectivity index (χ1n) is 6.63. The number of carboxylic acids is 1. The Morgan fingerprint density at radius 1 is 1.25 bits per heavy atom. The maximum Gasteiger partial charge on any atom is 0.335 e. The number of anilines is 1. The van der Waals surface area contributed by atoms with E-state index in [4.69, 9.17) is 16.7 Å². The standard InChI is InChI=1S/C14H17ClN2O3/c15-11-5-10(13(18)19)6-12(7-11)17-14(20)16-8-9-3-1-2-4-9/h5-7,9H,1-4,8H2,(H,18,19)(H2,16,17,20). The smallest absolute Gasteiger partial charge is 0.335 e. The molecule has 2 rings (SSSR count). The number of nitrogens with one attached hydrogen (secondary N) is 2. The van der Waals surface area contributed by atoms with Crippen LogP contribution in [0.5, 0.6) is 0 Å². The molecule has 1 aliphatic carbocycles. The summed E-state index contributed by atoms with van der Waals surface area (Å²) in [5, 5.41) is 14.6. The fourth-order valence-corrected chi connectivity index (χ4v) is 2.65. The Kier molecular flexibility index (Phi) is 4.84. The lowest BCUT2D eigenvalue weighted by Crippen LogP contribution is -2.32. The minimum Gasteiger partial charge on any atom is -0.478 e. The van der Waals surface area contributed by atoms with Gasteiger partial charge in [0.15, 0.2) is 0 Å². The van der Waals surface area contributed by atoms with Crippen LogP contribution in [0.3, 0.4) is 0 Å². The lowest BCUT2D eigenvalue weighted by atomic mass is 10.1. The quantitative estimate of drug-likeness (QED) is 0.797. The lowest BCUT2D eigenvalue weighted by Gasteiger charge is -2.12. The van der Waals surface area contributed by atoms with E-state index in [1.807, 2.05) is 0 Å². The van der Waals surface area contributed by atoms with E-state index in [2.05, 4.69) is 10.6 Å². The molecule has 108 valence electrons. The van der Waals surface area contributed by atoms with Crippen LogP contribution in [-0.2, 0) is 0 Å². The third-order valence-electron chi connectivity index (χ3n) is 3.43. The van der Waals surface area contributed by atoms with E-state index >= 15 is 0 Å². The molecule has 0 bridgehead atoms. The second-order valence-electron chi connectivity index (χ2n) is 5.02. The number of rotatable bonds is 4. The molecule has 0 heterocycles. The van der Waals surface area contributed by atoms with Gasteiger partial charge in [-0.2, -0.15) is 0 Å². The molecule has 1 aromatic carbocycles. The summed E-state index contributed by atoms with van der Waals surface area (Å²) in [4.78, 5) is 22.7. The molecule has 5 nitrogen and oxygen atoms in total. The van der Waals surface area contributed by atoms with Gasteiger partial charge in [0.1, 0.15) is 0 Å². The van der Waals surface area contributed by atoms with Gasteiger partial charge in [-0.15, -0.1) is 0 Å². The number of hydrogen-bond donors (Lipinski definition) is 3. The SMILES string of the molecule is O=C(NCC1CCCC1)Nc1cc(Cl)cc(C(=O)O)c1. The Hall–Kier alpha value is -1.75. The molecular formula is C14H17ClN2O3. The Balaban J connectivity index is 1.91. The summed E-state index contributed by atoms with van der Waals surface area (Å²) in [5.41, 5.74) is 0.419. The van der Waals surface area contributed by atoms with Crippen molar-refractivity contribution in [1.82, 2.24) is 5.32 Å². The summed E-state index contributed by atoms with van der Waals surface area (Å²) in [7, 11) is 0. The Bertz CT molecular complexity index is 513. The minimum atomic E-state index is -1.08. The predicted molar refractivity (Wildman–Crippen MR) is 77.4 cm³/mol. The Labute approximate surface area is 122 Å². The summed E-state index contributed by atoms with van der Waals surface area (Å²) < 4.78 is 0. The second-order valence-corrected chi connectivity index (χ2v) is 5.46. The van der Waals surface area contributed by atoms with Crippen molar-refractivity contribution >= 4 is 29.3 Å². The van der Waals surface area contributed by atoms with Crippen LogP contribution in [0.25, 0.3) is 0 Å². The summed E-state index contributed by atoms with van der Waals surface area (Å²) in [6, 6.07) is 3.90. The van der Waals surface area contributed by atoms with Gasteiger partial charge in [-0.1, -0.05) is 24.4 Å². The van der Waals surface area contributed by atoms with Crippen LogP contribution in [-0.4, -0.2) is 23.7 Å². The molecule has 0 radical (unpaired) electrons. The van der Waals surface area contributed by atoms with Crippen molar-refractivity contribution in [1.29, 1.82) is 0 Å². The fraction of sp³-hybridized carbons (Fsp3) is 0.429. The molecule has 0 atom stereocenters. The summed E-state index contributed by atoms with van der Waals surface area (Å²) >= 11 is 5.82. The molecule has 0 aromatic heterocycles. The molecule has 6 heteroatoms. The van der Waals surface area contributed by atoms with Crippen molar-refractivity contribution in [3.8, 4) is 0 Å². The van der Waals surface area contributed by atoms with Crippen LogP contribution < -0.4 is 10.6 Å². The zero-order valence-corrected chi connectivity index (χ0v) is 11.7. The number of aromatic carboxylic acids is 1. The van der Waals surface area contributed by atoms with Gasteiger partial charge in [0, 0.05) is 17.3 Å². The van der Waals surface area contributed by atoms with Crippen LogP contribution in [0, 0.1) is 5.92 Å². The number of amides is 2. The summed E-state index contributed by atoms with van der Waals surface area (Å²) in [6.07, 6.45) is 4.76. The molecule has 0 aliphatic heterocycles. The number of benzene rings is 1. The summed E-state index contributed by atoms with van der Waals surface area (Å²) in [5.74, 6) is -0.531. The molecule has 1 aliphatic rings. The minimum absolute atomic E-state index is 0.0450. The van der Waals surface area contributed by atoms with Crippen molar-refractivity contribution in [2.75, 3.05) is 11.9 Å². The summed E-state index contributed by atoms with van der Waals surface area (Å²) in [6.45, 7) is 0.651. The van der Waals surface area contributed by atoms with Gasteiger partial charge in [-0.3, -0.25) is 0 Å². The number of hydrogen-bond acceptors (Lipinski definition) is 2. The van der Waals surface area contributed by atoms with Crippen LogP contribution in [0.4, 0.5) is 10.5 Å². The molecule has 1 saturated carbocycles. The second kappa shape index (κ2) is 6.61. The van der Waals surface area contributed by atoms with E-state index < -0.39 is 5.97 Å². The third kappa shape index (κ3) is 4.13. The predicted octanol–water partition coefficient (Wildman–Crippen LogP) is 3.35. The van der Waals surface area contributed by atoms with E-state index in [-0.39, 0.29) is 16.6 Å². The largest absolute Gasteiger partial charge is 0.478 e. The average molecular weight is 297 g/mol. The normalized spacial score (nSPS) is 15.1. The molecule has 20 heavy (non-hydrogen) atoms. The van der Waals surface area contributed by atoms with Crippen molar-refractivity contribution < 1.29 is 14.7 Å². The maximum atomic E-state index is 11.7. The zero-order chi connectivity index (χ0) is 14.5. The highest BCUT2D eigenvalue weighted by molar-refractivity contribution is 6.31. The van der Waals surface area contributed by atoms with Gasteiger partial charge in [0.05, 0.1) is 5.56 Å². The lowest BCUT2D eigenvalue weighted by molar-refractivity contribution is 0.0697. The van der Waals surface area contributed by atoms with Gasteiger partial charge < -0.3 is 15.7 Å². The van der Waals surface area contributed by atoms with Crippen LogP contribution in [0.2, 0.25) is 5.02 Å². The van der Waals surface area contributed by atoms with E-state index in [1.54, 1.807) is 0 Å². The molecule has 0 spiro atoms. The highest BCUT2D eigenvalue weighted by Gasteiger charge is 2.16. The molecule has 1 fully saturated rings. The molecule has 3 N–H and O–H groups in total. The van der Waals surface area contributed by atoms with Crippen molar-refractivity contribution in [2.24, 2.45) is 5.92 Å². The van der Waals surface area contributed by atoms with E-state index in [1.165, 1.54) is 31.0 Å². The first-order chi connectivity index (χ1) is 9.54. The van der Waals surface area contributed by atoms with E-state index in [9.17, 15) is 9.59 Å². The highest BCUT2D eigenvalue weighted by Crippen LogP contribution is 2.24. The van der Waals surface area contributed by atoms with E-state index in [0.717, 1.165) is 12.8 Å². The first-order valence-corrected chi connectivity index (χ1v) is 7.01. The van der Waals surface area contributed by atoms with Crippen molar-refractivity contribution in [3.05, 3.63) is 28.8 Å². The topological polar surface area (TPSA) is 78.4 Å². The van der Waals surface area contributed by atoms with Gasteiger partial charge in [-0.05, 0) is 37.0 Å². The average Bonchev–Trinajstić information content (AvgIpc) is 2.88. The third-order valence-corrected chi connectivity index (χ3v) is 3.65. The zero-order valence-electron chi connectivity index (χ0n) is 11.0. The fourth-order valence-electron chi connectivity index (χ4n) is 2.41. The molecule has 0 unspecified atom stereocenters. The first kappa shape index (κ1) is 14.7. The molecule has 2 amide bonds. The number of halogens is 1. The van der Waals surface area contributed by atoms with Gasteiger partial charge >= 0.3 is 12.0 Å². The monoisotopic (exact) mass is 296 g/mol. The van der Waals surface area contributed by atoms with Crippen LogP contribution >= 0.6 is 11.6 Å². The van der Waals surface area contributed by atoms with Gasteiger partial charge in [0.25, 0.3) is 0 Å². The highest BCUT2D eigenvalue weighted by atomic mass is 35.5. The number of carboxylic acid groups (broad SMARTS) is 1. The Morgan fingerprint density at radius 3 is 2.60 bits per heavy atom. The van der Waals surface area contributed by atoms with Gasteiger partial charge in [0.2, 0.25) is 0 Å². The number of carbonyl (C=O) groups excluding carboxylic acids is 1. The van der Waals surface area contributed by atoms with Crippen LogP contribution in [0.1, 0.15) is 36.0 Å². The molecule has 1 aromatic rings. The molecule has 0 saturated heterocycles. The number of carbonyl (C=O) groups is 2. The van der Waals surface area contributed by atoms with Crippen molar-refractivity contribution in [2.45, 2.75) is 25.7 Å². The maximum absolute atomic E-state index is 11.7. The van der Waals surface area contributed by atoms with Crippen LogP contribution in [0.15, 0.2) is 18.2 Å². The van der Waals surface area contributed by atoms with Gasteiger partial charge in [-0.25, -0.2) is 9.59 Å². The van der Waals surface area contributed by atoms with Crippen molar-refractivity contribution in [3.63, 3.8) is 0 Å². The molecular weight excluding hydrogens is 280 g/mol. The van der Waals surface area contributed by atoms with E-state index in [0.29, 0.717) is 18.2 Å².